The fourth-order valence-electron chi connectivity index (χ4n) is 11.1. The number of H-pyrrole nitrogens is 1. The molecule has 2 aliphatic carbocycles. The second kappa shape index (κ2) is 18.2. The molecule has 2 atom stereocenters. The fourth-order valence-corrected chi connectivity index (χ4v) is 12.1. The number of amides is 1. The highest BCUT2D eigenvalue weighted by molar-refractivity contribution is 7.90. The molecule has 4 aliphatic rings. The van der Waals surface area contributed by atoms with Crippen molar-refractivity contribution in [2.75, 3.05) is 50.1 Å². The monoisotopic (exact) mass is 917 g/mol. The highest BCUT2D eigenvalue weighted by atomic mass is 32.2. The molecular formula is C51H63N7O7S. The van der Waals surface area contributed by atoms with Gasteiger partial charge in [-0.1, -0.05) is 58.4 Å². The van der Waals surface area contributed by atoms with Crippen LogP contribution in [0.3, 0.4) is 0 Å². The summed E-state index contributed by atoms with van der Waals surface area (Å²) in [5.41, 5.74) is 4.77. The number of aromatic nitrogens is 2. The van der Waals surface area contributed by atoms with E-state index < -0.39 is 25.7 Å². The Morgan fingerprint density at radius 3 is 2.44 bits per heavy atom. The van der Waals surface area contributed by atoms with Crippen molar-refractivity contribution in [2.45, 2.75) is 108 Å². The van der Waals surface area contributed by atoms with Gasteiger partial charge in [0.25, 0.3) is 27.5 Å². The molecule has 2 aromatic heterocycles. The number of methoxy groups -OCH3 is 1. The lowest BCUT2D eigenvalue weighted by molar-refractivity contribution is -0.384. The Morgan fingerprint density at radius 1 is 0.955 bits per heavy atom. The number of nitro benzene ring substituents is 1. The lowest BCUT2D eigenvalue weighted by Gasteiger charge is -2.57. The Labute approximate surface area is 388 Å². The smallest absolute Gasteiger partial charge is 0.293 e. The van der Waals surface area contributed by atoms with Crippen LogP contribution in [0, 0.1) is 26.9 Å². The molecule has 2 saturated heterocycles. The van der Waals surface area contributed by atoms with Gasteiger partial charge in [-0.05, 0) is 127 Å². The highest BCUT2D eigenvalue weighted by Crippen LogP contribution is 2.49. The molecule has 4 fully saturated rings. The number of pyridine rings is 1. The molecule has 0 radical (unpaired) electrons. The summed E-state index contributed by atoms with van der Waals surface area (Å²) in [5, 5.41) is 16.2. The van der Waals surface area contributed by atoms with Crippen LogP contribution in [0.5, 0.6) is 17.4 Å². The van der Waals surface area contributed by atoms with Crippen LogP contribution < -0.4 is 24.4 Å². The van der Waals surface area contributed by atoms with Crippen molar-refractivity contribution in [3.05, 3.63) is 106 Å². The number of anilines is 2. The molecule has 9 rings (SSSR count). The number of piperidine rings is 1. The Hall–Kier alpha value is -5.67. The quantitative estimate of drug-likeness (QED) is 0.0715. The van der Waals surface area contributed by atoms with Crippen LogP contribution in [0.1, 0.15) is 119 Å². The number of hydrogen-bond donors (Lipinski definition) is 3. The molecule has 3 N–H and O–H groups in total. The number of nitrogens with one attached hydrogen (secondary N) is 3. The minimum absolute atomic E-state index is 0.0461. The summed E-state index contributed by atoms with van der Waals surface area (Å²) in [6, 6.07) is 22.0. The topological polar surface area (TPSA) is 172 Å². The van der Waals surface area contributed by atoms with Crippen molar-refractivity contribution >= 4 is 44.0 Å². The van der Waals surface area contributed by atoms with Crippen molar-refractivity contribution in [1.29, 1.82) is 0 Å². The predicted molar refractivity (Wildman–Crippen MR) is 258 cm³/mol. The number of ether oxygens (including phenoxy) is 2. The van der Waals surface area contributed by atoms with Gasteiger partial charge in [-0.15, -0.1) is 0 Å². The standard InChI is InChI=1S/C51H63N7O7S/c1-33(2)38-9-6-7-10-39(38)40-11-8-12-43(40)57-31-51(32-57)22-25-56(26-23-51)36-13-15-41(45(28-36)65-46-27-35-19-24-52-47(35)54-49(46)64-5)48(59)55-66(62,63)37-14-16-42(44(29-37)58(60)61)53-30-34-17-20-50(3,4)21-18-34/h6-7,9-10,13-16,19,24,27-29,33-34,40,43,53H,8,11-12,17-18,20-23,25-26,30-32H2,1-5H3,(H,52,54)(H,55,59)/t40-,43?/m1/s1. The number of rotatable bonds is 14. The van der Waals surface area contributed by atoms with Crippen LogP contribution in [0.2, 0.25) is 0 Å². The van der Waals surface area contributed by atoms with Crippen LogP contribution in [0.25, 0.3) is 11.0 Å². The number of sulfonamides is 1. The van der Waals surface area contributed by atoms with Gasteiger partial charge >= 0.3 is 0 Å². The first kappa shape index (κ1) is 45.5. The van der Waals surface area contributed by atoms with E-state index in [0.717, 1.165) is 81.8 Å². The zero-order valence-electron chi connectivity index (χ0n) is 38.8. The Kier molecular flexibility index (Phi) is 12.5. The number of carbonyl (C=O) groups excluding carboxylic acids is 1. The lowest BCUT2D eigenvalue weighted by Crippen LogP contribution is -2.63. The van der Waals surface area contributed by atoms with Gasteiger partial charge in [0, 0.05) is 68.2 Å². The van der Waals surface area contributed by atoms with Crippen molar-refractivity contribution in [3.8, 4) is 17.4 Å². The van der Waals surface area contributed by atoms with Gasteiger partial charge < -0.3 is 24.7 Å². The largest absolute Gasteiger partial charge is 0.478 e. The van der Waals surface area contributed by atoms with E-state index >= 15 is 0 Å². The van der Waals surface area contributed by atoms with Gasteiger partial charge in [0.15, 0.2) is 5.75 Å². The lowest BCUT2D eigenvalue weighted by atomic mass is 9.70. The third-order valence-electron chi connectivity index (χ3n) is 15.1. The number of benzene rings is 3. The first-order valence-corrected chi connectivity index (χ1v) is 25.1. The average molecular weight is 918 g/mol. The first-order chi connectivity index (χ1) is 31.6. The van der Waals surface area contributed by atoms with E-state index in [0.29, 0.717) is 36.0 Å². The first-order valence-electron chi connectivity index (χ1n) is 23.6. The number of likely N-dealkylation sites (tertiary alicyclic amines) is 1. The minimum atomic E-state index is -4.57. The molecule has 5 aromatic rings. The number of hydrogen-bond acceptors (Lipinski definition) is 11. The molecule has 2 aliphatic heterocycles. The maximum absolute atomic E-state index is 14.1. The molecule has 1 unspecified atom stereocenters. The zero-order valence-corrected chi connectivity index (χ0v) is 39.6. The number of aromatic amines is 1. The molecule has 15 heteroatoms. The van der Waals surface area contributed by atoms with Crippen LogP contribution >= 0.6 is 0 Å². The summed E-state index contributed by atoms with van der Waals surface area (Å²) < 4.78 is 41.9. The second-order valence-electron chi connectivity index (χ2n) is 20.3. The molecular weight excluding hydrogens is 855 g/mol. The third kappa shape index (κ3) is 9.33. The summed E-state index contributed by atoms with van der Waals surface area (Å²) >= 11 is 0. The van der Waals surface area contributed by atoms with Crippen LogP contribution in [0.4, 0.5) is 17.1 Å². The summed E-state index contributed by atoms with van der Waals surface area (Å²) in [6.45, 7) is 13.5. The van der Waals surface area contributed by atoms with E-state index in [1.165, 1.54) is 49.6 Å². The summed E-state index contributed by atoms with van der Waals surface area (Å²) in [7, 11) is -3.10. The van der Waals surface area contributed by atoms with Gasteiger partial charge in [0.05, 0.1) is 22.5 Å². The Bertz CT molecular complexity index is 2710. The molecule has 350 valence electrons. The van der Waals surface area contributed by atoms with E-state index in [2.05, 4.69) is 81.8 Å². The van der Waals surface area contributed by atoms with Gasteiger partial charge in [0.2, 0.25) is 0 Å². The molecule has 2 saturated carbocycles. The summed E-state index contributed by atoms with van der Waals surface area (Å²) in [6.07, 6.45) is 11.7. The predicted octanol–water partition coefficient (Wildman–Crippen LogP) is 10.4. The molecule has 14 nitrogen and oxygen atoms in total. The molecule has 1 spiro atoms. The van der Waals surface area contributed by atoms with Gasteiger partial charge in [-0.2, -0.15) is 4.98 Å². The highest BCUT2D eigenvalue weighted by Gasteiger charge is 2.49. The SMILES string of the molecule is COc1nc2[nH]ccc2cc1Oc1cc(N2CCC3(CC2)CN(C2CCC[C@@H]2c2ccccc2C(C)C)C3)ccc1C(=O)NS(=O)(=O)c1ccc(NCC2CCC(C)(C)CC2)c([N+](=O)[O-])c1. The maximum Gasteiger partial charge on any atom is 0.293 e. The molecule has 3 aromatic carbocycles. The van der Waals surface area contributed by atoms with Gasteiger partial charge in [-0.3, -0.25) is 19.8 Å². The van der Waals surface area contributed by atoms with Gasteiger partial charge in [-0.25, -0.2) is 13.1 Å². The Balaban J connectivity index is 0.918. The van der Waals surface area contributed by atoms with Crippen LogP contribution in [0.15, 0.2) is 83.9 Å². The third-order valence-corrected chi connectivity index (χ3v) is 16.4. The van der Waals surface area contributed by atoms with Gasteiger partial charge in [0.1, 0.15) is 17.1 Å². The number of fused-ring (bicyclic) bond motifs is 1. The normalized spacial score (nSPS) is 20.9. The molecule has 4 heterocycles. The van der Waals surface area contributed by atoms with E-state index in [9.17, 15) is 23.3 Å². The Morgan fingerprint density at radius 2 is 1.71 bits per heavy atom. The minimum Gasteiger partial charge on any atom is -0.478 e. The summed E-state index contributed by atoms with van der Waals surface area (Å²) in [5.74, 6) is 0.997. The van der Waals surface area contributed by atoms with E-state index in [4.69, 9.17) is 9.47 Å². The number of carbonyl (C=O) groups is 1. The van der Waals surface area contributed by atoms with Crippen molar-refractivity contribution in [3.63, 3.8) is 0 Å². The second-order valence-corrected chi connectivity index (χ2v) is 22.0. The molecule has 1 amide bonds. The van der Waals surface area contributed by atoms with E-state index in [1.54, 1.807) is 24.4 Å². The molecule has 66 heavy (non-hydrogen) atoms. The van der Waals surface area contributed by atoms with E-state index in [1.807, 2.05) is 12.1 Å². The maximum atomic E-state index is 14.1. The molecule has 0 bridgehead atoms. The van der Waals surface area contributed by atoms with Crippen LogP contribution in [-0.2, 0) is 10.0 Å². The van der Waals surface area contributed by atoms with Crippen LogP contribution in [-0.4, -0.2) is 80.0 Å². The average Bonchev–Trinajstić information content (AvgIpc) is 3.97. The number of nitrogens with zero attached hydrogens (tertiary/aromatic N) is 4. The van der Waals surface area contributed by atoms with Crippen molar-refractivity contribution in [1.82, 2.24) is 19.6 Å². The zero-order chi connectivity index (χ0) is 46.4. The summed E-state index contributed by atoms with van der Waals surface area (Å²) in [4.78, 5) is 38.0. The van der Waals surface area contributed by atoms with Crippen molar-refractivity contribution in [2.24, 2.45) is 16.7 Å². The fraction of sp³-hybridized carbons (Fsp3) is 0.490. The van der Waals surface area contributed by atoms with Crippen molar-refractivity contribution < 1.29 is 27.6 Å². The van der Waals surface area contributed by atoms with E-state index in [-0.39, 0.29) is 45.1 Å². The number of nitro groups is 1.